The summed E-state index contributed by atoms with van der Waals surface area (Å²) in [5.74, 6) is -1.75. The van der Waals surface area contributed by atoms with Gasteiger partial charge in [0.2, 0.25) is 17.7 Å². The number of aliphatic carboxylic acids is 1. The maximum absolute atomic E-state index is 12.7. The van der Waals surface area contributed by atoms with Crippen molar-refractivity contribution in [2.75, 3.05) is 26.2 Å². The van der Waals surface area contributed by atoms with E-state index in [2.05, 4.69) is 20.6 Å². The first-order chi connectivity index (χ1) is 19.5. The monoisotopic (exact) mass is 574 g/mol. The van der Waals surface area contributed by atoms with Gasteiger partial charge in [-0.2, -0.15) is 0 Å². The van der Waals surface area contributed by atoms with Crippen molar-refractivity contribution in [2.24, 2.45) is 11.5 Å². The van der Waals surface area contributed by atoms with Crippen molar-refractivity contribution >= 4 is 34.9 Å². The Balaban J connectivity index is 0.000000383. The van der Waals surface area contributed by atoms with Gasteiger partial charge in [0, 0.05) is 18.7 Å². The molecule has 41 heavy (non-hydrogen) atoms. The highest BCUT2D eigenvalue weighted by atomic mass is 16.5. The number of carbonyl (C=O) groups excluding carboxylic acids is 3. The molecular formula is C25H34N8O8. The van der Waals surface area contributed by atoms with E-state index in [0.717, 1.165) is 6.42 Å². The first-order valence-corrected chi connectivity index (χ1v) is 12.7. The van der Waals surface area contributed by atoms with Gasteiger partial charge in [-0.15, -0.1) is 0 Å². The molecule has 2 aromatic heterocycles. The number of hydrogen-bond donors (Lipinski definition) is 6. The van der Waals surface area contributed by atoms with E-state index in [1.807, 2.05) is 13.8 Å². The Morgan fingerprint density at radius 1 is 0.976 bits per heavy atom. The standard InChI is InChI=1S/C19H22N4O5.C6H12N4O3/c1-3-9-22-17-15(18(26)23(10-4-2)19(22)27)20-16(21-17)12-5-7-13(8-6-12)28-11-14(24)25;7-1-5(12)10-3-6(13)9-2-4(8)11/h5-8H,3-4,9-11H2,1-2H3,(H,20,21)(H,24,25);1-3,7H2,(H2,8,11)(H,9,13)(H,10,12). The van der Waals surface area contributed by atoms with E-state index in [0.29, 0.717) is 47.8 Å². The second kappa shape index (κ2) is 15.6. The van der Waals surface area contributed by atoms with Gasteiger partial charge in [-0.25, -0.2) is 14.6 Å². The maximum Gasteiger partial charge on any atom is 0.341 e. The average molecular weight is 575 g/mol. The van der Waals surface area contributed by atoms with Gasteiger partial charge < -0.3 is 36.9 Å². The minimum absolute atomic E-state index is 0.177. The minimum Gasteiger partial charge on any atom is -0.482 e. The van der Waals surface area contributed by atoms with Crippen LogP contribution in [-0.4, -0.2) is 74.1 Å². The number of rotatable bonds is 13. The molecule has 0 bridgehead atoms. The molecule has 2 heterocycles. The summed E-state index contributed by atoms with van der Waals surface area (Å²) in [6.07, 6.45) is 1.41. The van der Waals surface area contributed by atoms with Gasteiger partial charge in [0.25, 0.3) is 5.56 Å². The summed E-state index contributed by atoms with van der Waals surface area (Å²) in [6.45, 7) is 3.63. The smallest absolute Gasteiger partial charge is 0.341 e. The number of amides is 3. The summed E-state index contributed by atoms with van der Waals surface area (Å²) < 4.78 is 7.88. The van der Waals surface area contributed by atoms with Crippen LogP contribution in [0, 0.1) is 0 Å². The zero-order valence-electron chi connectivity index (χ0n) is 22.8. The van der Waals surface area contributed by atoms with E-state index in [4.69, 9.17) is 21.3 Å². The lowest BCUT2D eigenvalue weighted by atomic mass is 10.2. The number of nitrogens with two attached hydrogens (primary N) is 2. The number of primary amides is 1. The number of carbonyl (C=O) groups is 4. The van der Waals surface area contributed by atoms with Gasteiger partial charge in [-0.05, 0) is 37.1 Å². The van der Waals surface area contributed by atoms with Crippen molar-refractivity contribution in [3.8, 4) is 17.1 Å². The van der Waals surface area contributed by atoms with Crippen molar-refractivity contribution in [1.29, 1.82) is 0 Å². The van der Waals surface area contributed by atoms with Crippen molar-refractivity contribution in [1.82, 2.24) is 29.7 Å². The first-order valence-electron chi connectivity index (χ1n) is 12.7. The molecule has 0 atom stereocenters. The zero-order chi connectivity index (χ0) is 30.5. The summed E-state index contributed by atoms with van der Waals surface area (Å²) in [6, 6.07) is 6.67. The van der Waals surface area contributed by atoms with Gasteiger partial charge in [-0.3, -0.25) is 28.3 Å². The molecule has 0 saturated carbocycles. The van der Waals surface area contributed by atoms with Crippen LogP contribution in [0.25, 0.3) is 22.6 Å². The van der Waals surface area contributed by atoms with Crippen LogP contribution in [0.3, 0.4) is 0 Å². The van der Waals surface area contributed by atoms with Crippen LogP contribution in [0.5, 0.6) is 5.75 Å². The number of imidazole rings is 1. The number of aromatic amines is 1. The molecule has 3 amide bonds. The van der Waals surface area contributed by atoms with Gasteiger partial charge in [0.15, 0.2) is 12.3 Å². The lowest BCUT2D eigenvalue weighted by Gasteiger charge is -2.09. The van der Waals surface area contributed by atoms with Crippen LogP contribution in [-0.2, 0) is 32.3 Å². The Morgan fingerprint density at radius 2 is 1.59 bits per heavy atom. The Labute approximate surface area is 233 Å². The Hall–Kier alpha value is -4.99. The molecule has 16 heteroatoms. The number of fused-ring (bicyclic) bond motifs is 1. The van der Waals surface area contributed by atoms with Crippen molar-refractivity contribution in [2.45, 2.75) is 39.8 Å². The molecule has 0 aliphatic heterocycles. The van der Waals surface area contributed by atoms with Crippen LogP contribution in [0.2, 0.25) is 0 Å². The van der Waals surface area contributed by atoms with E-state index in [9.17, 15) is 28.8 Å². The van der Waals surface area contributed by atoms with Gasteiger partial charge in [-0.1, -0.05) is 13.8 Å². The topological polar surface area (TPSA) is 247 Å². The molecule has 0 radical (unpaired) electrons. The molecule has 3 aromatic rings. The predicted molar refractivity (Wildman–Crippen MR) is 148 cm³/mol. The molecule has 0 aliphatic carbocycles. The molecule has 222 valence electrons. The fourth-order valence-corrected chi connectivity index (χ4v) is 3.50. The number of nitrogens with zero attached hydrogens (tertiary/aromatic N) is 3. The number of aromatic nitrogens is 4. The fraction of sp³-hybridized carbons (Fsp3) is 0.400. The number of nitrogens with one attached hydrogen (secondary N) is 3. The highest BCUT2D eigenvalue weighted by molar-refractivity contribution is 5.88. The summed E-state index contributed by atoms with van der Waals surface area (Å²) in [7, 11) is 0. The van der Waals surface area contributed by atoms with Crippen molar-refractivity contribution in [3.63, 3.8) is 0 Å². The second-order valence-corrected chi connectivity index (χ2v) is 8.61. The third kappa shape index (κ3) is 9.31. The molecule has 0 saturated heterocycles. The van der Waals surface area contributed by atoms with Crippen molar-refractivity contribution < 1.29 is 29.0 Å². The molecule has 16 nitrogen and oxygen atoms in total. The highest BCUT2D eigenvalue weighted by Crippen LogP contribution is 2.21. The van der Waals surface area contributed by atoms with Crippen LogP contribution in [0.1, 0.15) is 26.7 Å². The fourth-order valence-electron chi connectivity index (χ4n) is 3.50. The number of aryl methyl sites for hydroxylation is 1. The SMILES string of the molecule is CCCn1c(=O)c2[nH]c(-c3ccc(OCC(=O)O)cc3)nc2n(CCC)c1=O.NCC(=O)NCC(=O)NCC(N)=O. The number of carboxylic acids is 1. The largest absolute Gasteiger partial charge is 0.482 e. The molecule has 0 fully saturated rings. The number of H-pyrrole nitrogens is 1. The molecule has 3 rings (SSSR count). The lowest BCUT2D eigenvalue weighted by molar-refractivity contribution is -0.139. The van der Waals surface area contributed by atoms with Crippen LogP contribution in [0.15, 0.2) is 33.9 Å². The number of ether oxygens (including phenoxy) is 1. The second-order valence-electron chi connectivity index (χ2n) is 8.61. The predicted octanol–water partition coefficient (Wildman–Crippen LogP) is -1.50. The van der Waals surface area contributed by atoms with Crippen LogP contribution >= 0.6 is 0 Å². The molecular weight excluding hydrogens is 540 g/mol. The molecule has 0 aliphatic rings. The lowest BCUT2D eigenvalue weighted by Crippen LogP contribution is -2.42. The van der Waals surface area contributed by atoms with E-state index >= 15 is 0 Å². The van der Waals surface area contributed by atoms with Crippen molar-refractivity contribution in [3.05, 3.63) is 45.1 Å². The van der Waals surface area contributed by atoms with Crippen LogP contribution < -0.4 is 38.1 Å². The van der Waals surface area contributed by atoms with Gasteiger partial charge >= 0.3 is 11.7 Å². The molecule has 1 aromatic carbocycles. The summed E-state index contributed by atoms with van der Waals surface area (Å²) >= 11 is 0. The van der Waals surface area contributed by atoms with Crippen LogP contribution in [0.4, 0.5) is 0 Å². The number of carboxylic acid groups (broad SMARTS) is 1. The third-order valence-electron chi connectivity index (χ3n) is 5.34. The summed E-state index contributed by atoms with van der Waals surface area (Å²) in [5.41, 5.74) is 10.3. The Bertz CT molecular complexity index is 1490. The quantitative estimate of drug-likeness (QED) is 0.138. The zero-order valence-corrected chi connectivity index (χ0v) is 22.8. The first kappa shape index (κ1) is 32.2. The maximum atomic E-state index is 12.7. The van der Waals surface area contributed by atoms with Gasteiger partial charge in [0.05, 0.1) is 19.6 Å². The normalized spacial score (nSPS) is 10.4. The molecule has 8 N–H and O–H groups in total. The highest BCUT2D eigenvalue weighted by Gasteiger charge is 2.17. The van der Waals surface area contributed by atoms with E-state index in [-0.39, 0.29) is 30.9 Å². The average Bonchev–Trinajstić information content (AvgIpc) is 3.40. The Kier molecular flexibility index (Phi) is 12.2. The van der Waals surface area contributed by atoms with E-state index in [1.54, 1.807) is 24.3 Å². The van der Waals surface area contributed by atoms with E-state index < -0.39 is 30.3 Å². The minimum atomic E-state index is -1.06. The number of hydrogen-bond acceptors (Lipinski definition) is 9. The number of benzene rings is 1. The Morgan fingerprint density at radius 3 is 2.15 bits per heavy atom. The molecule has 0 unspecified atom stereocenters. The van der Waals surface area contributed by atoms with Gasteiger partial charge in [0.1, 0.15) is 17.1 Å². The summed E-state index contributed by atoms with van der Waals surface area (Å²) in [5, 5.41) is 13.1. The van der Waals surface area contributed by atoms with E-state index in [1.165, 1.54) is 9.13 Å². The third-order valence-corrected chi connectivity index (χ3v) is 5.34. The molecule has 0 spiro atoms. The summed E-state index contributed by atoms with van der Waals surface area (Å²) in [4.78, 5) is 75.1.